The Morgan fingerprint density at radius 2 is 2.11 bits per heavy atom. The maximum Gasteiger partial charge on any atom is 0.0850 e. The molecule has 18 heavy (non-hydrogen) atoms. The third kappa shape index (κ3) is 2.39. The van der Waals surface area contributed by atoms with E-state index in [-0.39, 0.29) is 0 Å². The van der Waals surface area contributed by atoms with Crippen molar-refractivity contribution in [3.05, 3.63) is 34.3 Å². The van der Waals surface area contributed by atoms with E-state index in [1.54, 1.807) is 0 Å². The number of hydrogen-bond donors (Lipinski definition) is 1. The van der Waals surface area contributed by atoms with Crippen LogP contribution in [0.1, 0.15) is 43.7 Å². The molecule has 3 heteroatoms. The van der Waals surface area contributed by atoms with Gasteiger partial charge in [-0.25, -0.2) is 0 Å². The summed E-state index contributed by atoms with van der Waals surface area (Å²) in [4.78, 5) is 0. The first-order valence-electron chi connectivity index (χ1n) is 6.29. The van der Waals surface area contributed by atoms with Gasteiger partial charge >= 0.3 is 0 Å². The van der Waals surface area contributed by atoms with Gasteiger partial charge < -0.3 is 5.11 Å². The smallest absolute Gasteiger partial charge is 0.0850 e. The lowest BCUT2D eigenvalue weighted by atomic mass is 9.65. The minimum Gasteiger partial charge on any atom is -0.390 e. The molecule has 0 heterocycles. The van der Waals surface area contributed by atoms with Crippen molar-refractivity contribution < 1.29 is 5.11 Å². The first-order chi connectivity index (χ1) is 8.38. The van der Waals surface area contributed by atoms with E-state index < -0.39 is 11.0 Å². The summed E-state index contributed by atoms with van der Waals surface area (Å²) in [7, 11) is 0. The molecule has 0 aromatic heterocycles. The van der Waals surface area contributed by atoms with Crippen LogP contribution in [0.3, 0.4) is 0 Å². The van der Waals surface area contributed by atoms with Crippen molar-refractivity contribution in [2.24, 2.45) is 0 Å². The maximum atomic E-state index is 10.2. The average molecular weight is 264 g/mol. The van der Waals surface area contributed by atoms with Gasteiger partial charge in [0.15, 0.2) is 0 Å². The van der Waals surface area contributed by atoms with E-state index in [0.29, 0.717) is 11.4 Å². The summed E-state index contributed by atoms with van der Waals surface area (Å²) in [6.45, 7) is 3.76. The number of hydrogen-bond acceptors (Lipinski definition) is 2. The van der Waals surface area contributed by atoms with E-state index in [1.807, 2.05) is 32.0 Å². The molecule has 96 valence electrons. The van der Waals surface area contributed by atoms with E-state index in [4.69, 9.17) is 11.6 Å². The summed E-state index contributed by atoms with van der Waals surface area (Å²) in [5, 5.41) is 20.5. The van der Waals surface area contributed by atoms with Gasteiger partial charge in [-0.3, -0.25) is 0 Å². The van der Waals surface area contributed by atoms with E-state index >= 15 is 0 Å². The molecule has 0 saturated heterocycles. The van der Waals surface area contributed by atoms with Gasteiger partial charge in [-0.05, 0) is 56.7 Å². The van der Waals surface area contributed by atoms with Crippen LogP contribution in [0.4, 0.5) is 0 Å². The van der Waals surface area contributed by atoms with Gasteiger partial charge in [0, 0.05) is 5.02 Å². The normalized spacial score (nSPS) is 31.9. The minimum absolute atomic E-state index is 0.482. The highest BCUT2D eigenvalue weighted by atomic mass is 35.5. The van der Waals surface area contributed by atoms with Crippen molar-refractivity contribution in [1.82, 2.24) is 0 Å². The van der Waals surface area contributed by atoms with Gasteiger partial charge in [0.2, 0.25) is 0 Å². The second-order valence-corrected chi connectivity index (χ2v) is 6.09. The molecule has 2 unspecified atom stereocenters. The van der Waals surface area contributed by atoms with Gasteiger partial charge in [-0.15, -0.1) is 0 Å². The van der Waals surface area contributed by atoms with Crippen LogP contribution in [0.15, 0.2) is 18.2 Å². The second kappa shape index (κ2) is 4.57. The molecule has 2 nitrogen and oxygen atoms in total. The molecule has 0 bridgehead atoms. The topological polar surface area (TPSA) is 44.0 Å². The lowest BCUT2D eigenvalue weighted by Crippen LogP contribution is -2.41. The standard InChI is InChI=1S/C15H18ClNO/c1-11-4-5-12(8-13(11)16)15(10-17)7-3-6-14(2,18)9-15/h4-5,8,18H,3,6-7,9H2,1-2H3. The molecule has 1 saturated carbocycles. The third-order valence-electron chi connectivity index (χ3n) is 3.94. The van der Waals surface area contributed by atoms with Gasteiger partial charge in [0.25, 0.3) is 0 Å². The molecule has 1 aromatic carbocycles. The summed E-state index contributed by atoms with van der Waals surface area (Å²) in [6.07, 6.45) is 2.90. The fourth-order valence-corrected chi connectivity index (χ4v) is 3.08. The lowest BCUT2D eigenvalue weighted by molar-refractivity contribution is 0.00182. The van der Waals surface area contributed by atoms with Crippen molar-refractivity contribution in [1.29, 1.82) is 5.26 Å². The summed E-state index contributed by atoms with van der Waals surface area (Å²) in [5.41, 5.74) is 0.585. The molecular weight excluding hydrogens is 246 g/mol. The van der Waals surface area contributed by atoms with Crippen molar-refractivity contribution >= 4 is 11.6 Å². The number of benzene rings is 1. The molecule has 0 amide bonds. The highest BCUT2D eigenvalue weighted by Gasteiger charge is 2.43. The van der Waals surface area contributed by atoms with E-state index in [1.165, 1.54) is 0 Å². The molecule has 2 rings (SSSR count). The molecule has 1 fully saturated rings. The average Bonchev–Trinajstić information content (AvgIpc) is 2.31. The van der Waals surface area contributed by atoms with E-state index in [0.717, 1.165) is 30.4 Å². The monoisotopic (exact) mass is 263 g/mol. The molecule has 1 aliphatic carbocycles. The van der Waals surface area contributed by atoms with Crippen LogP contribution in [0, 0.1) is 18.3 Å². The Balaban J connectivity index is 2.44. The Labute approximate surface area is 113 Å². The predicted molar refractivity (Wildman–Crippen MR) is 72.6 cm³/mol. The van der Waals surface area contributed by atoms with Crippen LogP contribution < -0.4 is 0 Å². The van der Waals surface area contributed by atoms with Crippen molar-refractivity contribution in [2.45, 2.75) is 50.5 Å². The summed E-state index contributed by atoms with van der Waals surface area (Å²) in [6, 6.07) is 8.20. The molecule has 1 N–H and O–H groups in total. The van der Waals surface area contributed by atoms with Crippen molar-refractivity contribution in [3.63, 3.8) is 0 Å². The molecular formula is C15H18ClNO. The molecule has 0 spiro atoms. The zero-order valence-electron chi connectivity index (χ0n) is 10.8. The van der Waals surface area contributed by atoms with Crippen LogP contribution >= 0.6 is 11.6 Å². The van der Waals surface area contributed by atoms with Crippen LogP contribution in [0.2, 0.25) is 5.02 Å². The van der Waals surface area contributed by atoms with Gasteiger partial charge in [0.05, 0.1) is 17.1 Å². The molecule has 2 atom stereocenters. The highest BCUT2D eigenvalue weighted by Crippen LogP contribution is 2.44. The Morgan fingerprint density at radius 3 is 2.67 bits per heavy atom. The number of aryl methyl sites for hydroxylation is 1. The zero-order chi connectivity index (χ0) is 13.4. The fourth-order valence-electron chi connectivity index (χ4n) is 2.89. The summed E-state index contributed by atoms with van der Waals surface area (Å²) >= 11 is 6.15. The highest BCUT2D eigenvalue weighted by molar-refractivity contribution is 6.31. The third-order valence-corrected chi connectivity index (χ3v) is 4.35. The molecule has 0 aliphatic heterocycles. The second-order valence-electron chi connectivity index (χ2n) is 5.69. The van der Waals surface area contributed by atoms with Crippen LogP contribution in [-0.2, 0) is 5.41 Å². The summed E-state index contributed by atoms with van der Waals surface area (Å²) < 4.78 is 0. The van der Waals surface area contributed by atoms with E-state index in [9.17, 15) is 10.4 Å². The van der Waals surface area contributed by atoms with Crippen molar-refractivity contribution in [3.8, 4) is 6.07 Å². The van der Waals surface area contributed by atoms with Gasteiger partial charge in [-0.1, -0.05) is 23.7 Å². The Bertz CT molecular complexity index is 504. The predicted octanol–water partition coefficient (Wildman–Crippen LogP) is 3.73. The minimum atomic E-state index is -0.759. The first kappa shape index (κ1) is 13.4. The Hall–Kier alpha value is -1.04. The Kier molecular flexibility index (Phi) is 3.40. The quantitative estimate of drug-likeness (QED) is 0.839. The fraction of sp³-hybridized carbons (Fsp3) is 0.533. The van der Waals surface area contributed by atoms with E-state index in [2.05, 4.69) is 6.07 Å². The molecule has 1 aliphatic rings. The Morgan fingerprint density at radius 1 is 1.39 bits per heavy atom. The van der Waals surface area contributed by atoms with Crippen LogP contribution in [-0.4, -0.2) is 10.7 Å². The molecule has 0 radical (unpaired) electrons. The SMILES string of the molecule is Cc1ccc(C2(C#N)CCCC(C)(O)C2)cc1Cl. The van der Waals surface area contributed by atoms with Gasteiger partial charge in [0.1, 0.15) is 0 Å². The van der Waals surface area contributed by atoms with Gasteiger partial charge in [-0.2, -0.15) is 5.26 Å². The van der Waals surface area contributed by atoms with Crippen LogP contribution in [0.25, 0.3) is 0 Å². The zero-order valence-corrected chi connectivity index (χ0v) is 11.6. The lowest BCUT2D eigenvalue weighted by Gasteiger charge is -2.40. The van der Waals surface area contributed by atoms with Crippen molar-refractivity contribution in [2.75, 3.05) is 0 Å². The number of rotatable bonds is 1. The summed E-state index contributed by atoms with van der Waals surface area (Å²) in [5.74, 6) is 0. The maximum absolute atomic E-state index is 10.2. The van der Waals surface area contributed by atoms with Crippen LogP contribution in [0.5, 0.6) is 0 Å². The number of aliphatic hydroxyl groups is 1. The first-order valence-corrected chi connectivity index (χ1v) is 6.67. The largest absolute Gasteiger partial charge is 0.390 e. The molecule has 1 aromatic rings. The number of halogens is 1. The number of nitrogens with zero attached hydrogens (tertiary/aromatic N) is 1. The number of nitriles is 1.